The Morgan fingerprint density at radius 1 is 1.53 bits per heavy atom. The van der Waals surface area contributed by atoms with Gasteiger partial charge in [0.15, 0.2) is 11.5 Å². The molecule has 1 aromatic heterocycles. The molecule has 1 aliphatic rings. The molecule has 1 aromatic rings. The van der Waals surface area contributed by atoms with Gasteiger partial charge in [0, 0.05) is 24.9 Å². The van der Waals surface area contributed by atoms with Crippen LogP contribution in [0, 0.1) is 5.92 Å². The molecular weight excluding hydrogens is 196 g/mol. The Balaban J connectivity index is 2.24. The van der Waals surface area contributed by atoms with Crippen molar-refractivity contribution < 1.29 is 14.3 Å². The highest BCUT2D eigenvalue weighted by Crippen LogP contribution is 2.21. The van der Waals surface area contributed by atoms with E-state index in [1.807, 2.05) is 0 Å². The van der Waals surface area contributed by atoms with Crippen LogP contribution in [-0.4, -0.2) is 36.1 Å². The summed E-state index contributed by atoms with van der Waals surface area (Å²) in [6.07, 6.45) is 3.74. The number of carbonyl (C=O) groups is 1. The van der Waals surface area contributed by atoms with Crippen LogP contribution in [0.5, 0.6) is 5.88 Å². The Kier molecular flexibility index (Phi) is 2.91. The van der Waals surface area contributed by atoms with Crippen LogP contribution >= 0.6 is 0 Å². The molecule has 0 saturated carbocycles. The van der Waals surface area contributed by atoms with Crippen molar-refractivity contribution in [3.63, 3.8) is 0 Å². The Morgan fingerprint density at radius 3 is 3.00 bits per heavy atom. The van der Waals surface area contributed by atoms with Crippen molar-refractivity contribution in [3.05, 3.63) is 18.1 Å². The van der Waals surface area contributed by atoms with Gasteiger partial charge in [0.1, 0.15) is 0 Å². The molecule has 5 nitrogen and oxygen atoms in total. The van der Waals surface area contributed by atoms with Gasteiger partial charge in [0.2, 0.25) is 5.88 Å². The average Bonchev–Trinajstić information content (AvgIpc) is 2.81. The quantitative estimate of drug-likeness (QED) is 0.684. The van der Waals surface area contributed by atoms with Gasteiger partial charge in [0.05, 0.1) is 13.7 Å². The van der Waals surface area contributed by atoms with Gasteiger partial charge in [-0.2, -0.15) is 0 Å². The molecule has 0 spiro atoms. The molecule has 1 aliphatic heterocycles. The van der Waals surface area contributed by atoms with Gasteiger partial charge in [-0.05, 0) is 6.42 Å². The predicted molar refractivity (Wildman–Crippen MR) is 51.8 cm³/mol. The lowest BCUT2D eigenvalue weighted by Gasteiger charge is -2.08. The second-order valence-corrected chi connectivity index (χ2v) is 3.34. The van der Waals surface area contributed by atoms with Crippen LogP contribution in [0.2, 0.25) is 0 Å². The first-order chi connectivity index (χ1) is 7.33. The van der Waals surface area contributed by atoms with Gasteiger partial charge >= 0.3 is 0 Å². The zero-order chi connectivity index (χ0) is 10.7. The molecule has 0 amide bonds. The van der Waals surface area contributed by atoms with E-state index in [0.717, 1.165) is 6.42 Å². The fourth-order valence-electron chi connectivity index (χ4n) is 1.58. The normalized spacial score (nSPS) is 20.2. The molecular formula is C10H12N2O3. The first-order valence-electron chi connectivity index (χ1n) is 4.80. The summed E-state index contributed by atoms with van der Waals surface area (Å²) in [5.41, 5.74) is 0.301. The van der Waals surface area contributed by atoms with Crippen LogP contribution in [0.3, 0.4) is 0 Å². The molecule has 80 valence electrons. The molecule has 2 rings (SSSR count). The summed E-state index contributed by atoms with van der Waals surface area (Å²) in [6, 6.07) is 0. The number of carbonyl (C=O) groups excluding carboxylic acids is 1. The van der Waals surface area contributed by atoms with Crippen molar-refractivity contribution in [1.82, 2.24) is 9.97 Å². The number of methoxy groups -OCH3 is 1. The van der Waals surface area contributed by atoms with Crippen molar-refractivity contribution >= 4 is 5.78 Å². The maximum atomic E-state index is 12.0. The molecule has 0 bridgehead atoms. The third kappa shape index (κ3) is 1.97. The number of hydrogen-bond donors (Lipinski definition) is 0. The topological polar surface area (TPSA) is 61.3 Å². The van der Waals surface area contributed by atoms with Crippen LogP contribution in [0.4, 0.5) is 0 Å². The molecule has 15 heavy (non-hydrogen) atoms. The minimum Gasteiger partial charge on any atom is -0.479 e. The summed E-state index contributed by atoms with van der Waals surface area (Å²) >= 11 is 0. The highest BCUT2D eigenvalue weighted by molar-refractivity contribution is 5.98. The van der Waals surface area contributed by atoms with Gasteiger partial charge in [-0.25, -0.2) is 9.97 Å². The van der Waals surface area contributed by atoms with Crippen LogP contribution in [-0.2, 0) is 4.74 Å². The molecule has 0 N–H and O–H groups in total. The van der Waals surface area contributed by atoms with E-state index >= 15 is 0 Å². The summed E-state index contributed by atoms with van der Waals surface area (Å²) < 4.78 is 10.2. The van der Waals surface area contributed by atoms with Crippen LogP contribution in [0.1, 0.15) is 16.9 Å². The first kappa shape index (κ1) is 10.0. The molecule has 1 unspecified atom stereocenters. The maximum Gasteiger partial charge on any atom is 0.243 e. The Labute approximate surface area is 87.4 Å². The summed E-state index contributed by atoms with van der Waals surface area (Å²) in [5.74, 6) is 0.141. The van der Waals surface area contributed by atoms with Crippen molar-refractivity contribution in [1.29, 1.82) is 0 Å². The summed E-state index contributed by atoms with van der Waals surface area (Å²) in [5, 5.41) is 0. The third-order valence-corrected chi connectivity index (χ3v) is 2.39. The van der Waals surface area contributed by atoms with E-state index < -0.39 is 0 Å². The van der Waals surface area contributed by atoms with Crippen LogP contribution in [0.25, 0.3) is 0 Å². The molecule has 2 heterocycles. The Bertz CT molecular complexity index is 361. The number of ketones is 1. The van der Waals surface area contributed by atoms with E-state index in [0.29, 0.717) is 18.9 Å². The Hall–Kier alpha value is -1.49. The predicted octanol–water partition coefficient (Wildman–Crippen LogP) is 0.704. The van der Waals surface area contributed by atoms with Gasteiger partial charge in [-0.1, -0.05) is 0 Å². The fourth-order valence-corrected chi connectivity index (χ4v) is 1.58. The Morgan fingerprint density at radius 2 is 2.33 bits per heavy atom. The zero-order valence-electron chi connectivity index (χ0n) is 8.47. The van der Waals surface area contributed by atoms with Crippen molar-refractivity contribution in [2.24, 2.45) is 5.92 Å². The van der Waals surface area contributed by atoms with E-state index in [4.69, 9.17) is 9.47 Å². The van der Waals surface area contributed by atoms with Crippen molar-refractivity contribution in [2.45, 2.75) is 6.42 Å². The molecule has 1 atom stereocenters. The number of hydrogen-bond acceptors (Lipinski definition) is 5. The molecule has 1 fully saturated rings. The minimum atomic E-state index is -0.101. The molecule has 0 aliphatic carbocycles. The maximum absolute atomic E-state index is 12.0. The van der Waals surface area contributed by atoms with E-state index in [1.165, 1.54) is 19.5 Å². The number of aromatic nitrogens is 2. The second kappa shape index (κ2) is 4.35. The van der Waals surface area contributed by atoms with E-state index in [2.05, 4.69) is 9.97 Å². The van der Waals surface area contributed by atoms with Gasteiger partial charge < -0.3 is 9.47 Å². The lowest BCUT2D eigenvalue weighted by Crippen LogP contribution is -2.17. The highest BCUT2D eigenvalue weighted by Gasteiger charge is 2.28. The smallest absolute Gasteiger partial charge is 0.243 e. The second-order valence-electron chi connectivity index (χ2n) is 3.34. The van der Waals surface area contributed by atoms with Crippen molar-refractivity contribution in [2.75, 3.05) is 20.3 Å². The van der Waals surface area contributed by atoms with Crippen LogP contribution in [0.15, 0.2) is 12.4 Å². The molecule has 1 saturated heterocycles. The van der Waals surface area contributed by atoms with E-state index in [-0.39, 0.29) is 17.6 Å². The highest BCUT2D eigenvalue weighted by atomic mass is 16.5. The van der Waals surface area contributed by atoms with E-state index in [9.17, 15) is 4.79 Å². The number of ether oxygens (including phenoxy) is 2. The largest absolute Gasteiger partial charge is 0.479 e. The SMILES string of the molecule is COc1nccnc1C(=O)C1CCOC1. The first-order valence-corrected chi connectivity index (χ1v) is 4.80. The molecule has 0 aromatic carbocycles. The molecule has 5 heteroatoms. The fraction of sp³-hybridized carbons (Fsp3) is 0.500. The zero-order valence-corrected chi connectivity index (χ0v) is 8.47. The standard InChI is InChI=1S/C10H12N2O3/c1-14-10-8(11-3-4-12-10)9(13)7-2-5-15-6-7/h3-4,7H,2,5-6H2,1H3. The van der Waals surface area contributed by atoms with Gasteiger partial charge in [-0.15, -0.1) is 0 Å². The lowest BCUT2D eigenvalue weighted by atomic mass is 10.0. The summed E-state index contributed by atoms with van der Waals surface area (Å²) in [7, 11) is 1.48. The van der Waals surface area contributed by atoms with Gasteiger partial charge in [-0.3, -0.25) is 4.79 Å². The number of Topliss-reactive ketones (excluding diaryl/α,β-unsaturated/α-hetero) is 1. The summed E-state index contributed by atoms with van der Waals surface area (Å²) in [4.78, 5) is 19.9. The monoisotopic (exact) mass is 208 g/mol. The van der Waals surface area contributed by atoms with Crippen molar-refractivity contribution in [3.8, 4) is 5.88 Å². The third-order valence-electron chi connectivity index (χ3n) is 2.39. The minimum absolute atomic E-state index is 0.0440. The average molecular weight is 208 g/mol. The summed E-state index contributed by atoms with van der Waals surface area (Å²) in [6.45, 7) is 1.11. The lowest BCUT2D eigenvalue weighted by molar-refractivity contribution is 0.0891. The van der Waals surface area contributed by atoms with Crippen LogP contribution < -0.4 is 4.74 Å². The number of rotatable bonds is 3. The van der Waals surface area contributed by atoms with Gasteiger partial charge in [0.25, 0.3) is 0 Å². The molecule has 0 radical (unpaired) electrons. The van der Waals surface area contributed by atoms with E-state index in [1.54, 1.807) is 0 Å². The number of nitrogens with zero attached hydrogens (tertiary/aromatic N) is 2.